The first-order valence-electron chi connectivity index (χ1n) is 4.95. The van der Waals surface area contributed by atoms with Gasteiger partial charge in [-0.15, -0.1) is 0 Å². The first-order valence-corrected chi connectivity index (χ1v) is 4.95. The smallest absolute Gasteiger partial charge is 0.163 e. The van der Waals surface area contributed by atoms with Crippen LogP contribution < -0.4 is 5.73 Å². The summed E-state index contributed by atoms with van der Waals surface area (Å²) in [5, 5.41) is 0. The van der Waals surface area contributed by atoms with E-state index in [1.807, 2.05) is 38.1 Å². The molecule has 0 fully saturated rings. The van der Waals surface area contributed by atoms with E-state index in [-0.39, 0.29) is 5.78 Å². The Morgan fingerprint density at radius 1 is 1.29 bits per heavy atom. The van der Waals surface area contributed by atoms with E-state index in [1.165, 1.54) is 0 Å². The van der Waals surface area contributed by atoms with Gasteiger partial charge in [-0.3, -0.25) is 4.79 Å². The Labute approximate surface area is 85.1 Å². The minimum Gasteiger partial charge on any atom is -0.326 e. The minimum absolute atomic E-state index is 0.212. The molecule has 0 saturated carbocycles. The first kappa shape index (κ1) is 10.9. The molecule has 1 aromatic rings. The maximum Gasteiger partial charge on any atom is 0.163 e. The van der Waals surface area contributed by atoms with Gasteiger partial charge in [0.1, 0.15) is 0 Å². The summed E-state index contributed by atoms with van der Waals surface area (Å²) in [4.78, 5) is 11.6. The molecule has 76 valence electrons. The third-order valence-electron chi connectivity index (χ3n) is 2.11. The van der Waals surface area contributed by atoms with Crippen molar-refractivity contribution in [1.29, 1.82) is 0 Å². The van der Waals surface area contributed by atoms with Crippen molar-refractivity contribution < 1.29 is 4.79 Å². The average Bonchev–Trinajstić information content (AvgIpc) is 2.17. The fraction of sp³-hybridized carbons (Fsp3) is 0.417. The van der Waals surface area contributed by atoms with E-state index >= 15 is 0 Å². The van der Waals surface area contributed by atoms with Crippen LogP contribution in [0.4, 0.5) is 0 Å². The van der Waals surface area contributed by atoms with Crippen LogP contribution >= 0.6 is 0 Å². The van der Waals surface area contributed by atoms with Gasteiger partial charge in [0.25, 0.3) is 0 Å². The van der Waals surface area contributed by atoms with Gasteiger partial charge in [-0.05, 0) is 11.5 Å². The number of ketones is 1. The largest absolute Gasteiger partial charge is 0.326 e. The van der Waals surface area contributed by atoms with Crippen molar-refractivity contribution >= 4 is 5.78 Å². The second-order valence-corrected chi connectivity index (χ2v) is 3.92. The molecule has 0 aliphatic rings. The zero-order chi connectivity index (χ0) is 10.6. The van der Waals surface area contributed by atoms with Crippen LogP contribution in [-0.4, -0.2) is 5.78 Å². The fourth-order valence-electron chi connectivity index (χ4n) is 1.32. The van der Waals surface area contributed by atoms with E-state index in [4.69, 9.17) is 5.73 Å². The molecule has 0 aromatic heterocycles. The molecule has 2 nitrogen and oxygen atoms in total. The number of nitrogens with two attached hydrogens (primary N) is 1. The number of hydrogen-bond donors (Lipinski definition) is 1. The Bertz CT molecular complexity index is 301. The predicted octanol–water partition coefficient (Wildman–Crippen LogP) is 2.37. The van der Waals surface area contributed by atoms with E-state index in [2.05, 4.69) is 0 Å². The lowest BCUT2D eigenvalue weighted by Crippen LogP contribution is -2.04. The van der Waals surface area contributed by atoms with Gasteiger partial charge in [-0.2, -0.15) is 0 Å². The first-order chi connectivity index (χ1) is 6.63. The molecule has 0 radical (unpaired) electrons. The van der Waals surface area contributed by atoms with Crippen molar-refractivity contribution in [2.75, 3.05) is 0 Å². The van der Waals surface area contributed by atoms with Crippen molar-refractivity contribution in [2.45, 2.75) is 26.8 Å². The Balaban J connectivity index is 2.71. The number of carbonyl (C=O) groups is 1. The van der Waals surface area contributed by atoms with Gasteiger partial charge in [-0.25, -0.2) is 0 Å². The molecule has 0 heterocycles. The highest BCUT2D eigenvalue weighted by Gasteiger charge is 2.07. The Hall–Kier alpha value is -1.15. The number of rotatable bonds is 4. The SMILES string of the molecule is CC(C)CC(=O)c1ccc(CN)cc1. The van der Waals surface area contributed by atoms with Gasteiger partial charge in [0.2, 0.25) is 0 Å². The van der Waals surface area contributed by atoms with Crippen LogP contribution in [0.25, 0.3) is 0 Å². The van der Waals surface area contributed by atoms with Crippen molar-refractivity contribution in [2.24, 2.45) is 11.7 Å². The van der Waals surface area contributed by atoms with Gasteiger partial charge in [-0.1, -0.05) is 38.1 Å². The molecule has 0 aliphatic heterocycles. The third kappa shape index (κ3) is 2.96. The lowest BCUT2D eigenvalue weighted by atomic mass is 10.0. The standard InChI is InChI=1S/C12H17NO/c1-9(2)7-12(14)11-5-3-10(8-13)4-6-11/h3-6,9H,7-8,13H2,1-2H3. The highest BCUT2D eigenvalue weighted by molar-refractivity contribution is 5.96. The Morgan fingerprint density at radius 2 is 1.86 bits per heavy atom. The highest BCUT2D eigenvalue weighted by atomic mass is 16.1. The normalized spacial score (nSPS) is 10.6. The van der Waals surface area contributed by atoms with E-state index < -0.39 is 0 Å². The molecule has 0 atom stereocenters. The number of carbonyl (C=O) groups excluding carboxylic acids is 1. The van der Waals surface area contributed by atoms with Crippen molar-refractivity contribution in [3.63, 3.8) is 0 Å². The summed E-state index contributed by atoms with van der Waals surface area (Å²) in [6.45, 7) is 4.62. The molecule has 14 heavy (non-hydrogen) atoms. The summed E-state index contributed by atoms with van der Waals surface area (Å²) >= 11 is 0. The van der Waals surface area contributed by atoms with Crippen molar-refractivity contribution in [1.82, 2.24) is 0 Å². The summed E-state index contributed by atoms with van der Waals surface area (Å²) in [6, 6.07) is 7.53. The molecule has 1 aromatic carbocycles. The van der Waals surface area contributed by atoms with Crippen LogP contribution in [0.1, 0.15) is 36.2 Å². The van der Waals surface area contributed by atoms with E-state index in [0.29, 0.717) is 18.9 Å². The topological polar surface area (TPSA) is 43.1 Å². The van der Waals surface area contributed by atoms with Crippen LogP contribution in [0.5, 0.6) is 0 Å². The maximum absolute atomic E-state index is 11.6. The van der Waals surface area contributed by atoms with Crippen LogP contribution in [0.2, 0.25) is 0 Å². The molecule has 0 spiro atoms. The van der Waals surface area contributed by atoms with Crippen molar-refractivity contribution in [3.8, 4) is 0 Å². The summed E-state index contributed by atoms with van der Waals surface area (Å²) in [5.74, 6) is 0.625. The summed E-state index contributed by atoms with van der Waals surface area (Å²) in [7, 11) is 0. The number of hydrogen-bond acceptors (Lipinski definition) is 2. The second kappa shape index (κ2) is 4.91. The molecule has 0 bridgehead atoms. The lowest BCUT2D eigenvalue weighted by molar-refractivity contribution is 0.0968. The number of benzene rings is 1. The third-order valence-corrected chi connectivity index (χ3v) is 2.11. The molecule has 2 N–H and O–H groups in total. The van der Waals surface area contributed by atoms with Crippen LogP contribution in [0, 0.1) is 5.92 Å². The van der Waals surface area contributed by atoms with E-state index in [9.17, 15) is 4.79 Å². The number of Topliss-reactive ketones (excluding diaryl/α,β-unsaturated/α-hetero) is 1. The van der Waals surface area contributed by atoms with Gasteiger partial charge >= 0.3 is 0 Å². The van der Waals surface area contributed by atoms with Crippen LogP contribution in [0.15, 0.2) is 24.3 Å². The minimum atomic E-state index is 0.212. The quantitative estimate of drug-likeness (QED) is 0.742. The summed E-state index contributed by atoms with van der Waals surface area (Å²) < 4.78 is 0. The van der Waals surface area contributed by atoms with Crippen LogP contribution in [0.3, 0.4) is 0 Å². The van der Waals surface area contributed by atoms with Gasteiger partial charge in [0.15, 0.2) is 5.78 Å². The molecule has 0 amide bonds. The molecular formula is C12H17NO. The molecule has 1 rings (SSSR count). The molecule has 2 heteroatoms. The predicted molar refractivity (Wildman–Crippen MR) is 58.1 cm³/mol. The van der Waals surface area contributed by atoms with Gasteiger partial charge in [0, 0.05) is 18.5 Å². The Kier molecular flexibility index (Phi) is 3.84. The van der Waals surface area contributed by atoms with E-state index in [0.717, 1.165) is 11.1 Å². The average molecular weight is 191 g/mol. The lowest BCUT2D eigenvalue weighted by Gasteiger charge is -2.04. The summed E-state index contributed by atoms with van der Waals surface area (Å²) in [5.41, 5.74) is 7.32. The van der Waals surface area contributed by atoms with Gasteiger partial charge in [0.05, 0.1) is 0 Å². The fourth-order valence-corrected chi connectivity index (χ4v) is 1.32. The zero-order valence-corrected chi connectivity index (χ0v) is 8.79. The van der Waals surface area contributed by atoms with Crippen molar-refractivity contribution in [3.05, 3.63) is 35.4 Å². The molecule has 0 unspecified atom stereocenters. The molecule has 0 saturated heterocycles. The zero-order valence-electron chi connectivity index (χ0n) is 8.79. The monoisotopic (exact) mass is 191 g/mol. The van der Waals surface area contributed by atoms with Crippen LogP contribution in [-0.2, 0) is 6.54 Å². The van der Waals surface area contributed by atoms with Gasteiger partial charge < -0.3 is 5.73 Å². The summed E-state index contributed by atoms with van der Waals surface area (Å²) in [6.07, 6.45) is 0.613. The maximum atomic E-state index is 11.6. The Morgan fingerprint density at radius 3 is 2.29 bits per heavy atom. The second-order valence-electron chi connectivity index (χ2n) is 3.92. The van der Waals surface area contributed by atoms with E-state index in [1.54, 1.807) is 0 Å². The highest BCUT2D eigenvalue weighted by Crippen LogP contribution is 2.10. The molecular weight excluding hydrogens is 174 g/mol. The molecule has 0 aliphatic carbocycles.